The van der Waals surface area contributed by atoms with Crippen LogP contribution < -0.4 is 4.74 Å². The number of benzene rings is 1. The summed E-state index contributed by atoms with van der Waals surface area (Å²) in [4.78, 5) is 3.27. The van der Waals surface area contributed by atoms with Crippen molar-refractivity contribution in [1.82, 2.24) is 4.98 Å². The first-order chi connectivity index (χ1) is 8.97. The SMILES string of the molecule is FC(F)(F)c1ccc(OCc2ccccc2)c(Cl)n1. The van der Waals surface area contributed by atoms with Gasteiger partial charge in [-0.25, -0.2) is 4.98 Å². The van der Waals surface area contributed by atoms with Crippen LogP contribution in [0.2, 0.25) is 5.15 Å². The van der Waals surface area contributed by atoms with Crippen molar-refractivity contribution in [3.05, 3.63) is 58.9 Å². The van der Waals surface area contributed by atoms with Gasteiger partial charge >= 0.3 is 6.18 Å². The summed E-state index contributed by atoms with van der Waals surface area (Å²) in [6.07, 6.45) is -4.51. The lowest BCUT2D eigenvalue weighted by atomic mass is 10.2. The van der Waals surface area contributed by atoms with E-state index in [1.807, 2.05) is 30.3 Å². The Balaban J connectivity index is 2.10. The Bertz CT molecular complexity index is 558. The maximum absolute atomic E-state index is 12.4. The van der Waals surface area contributed by atoms with Crippen LogP contribution >= 0.6 is 11.6 Å². The smallest absolute Gasteiger partial charge is 0.433 e. The van der Waals surface area contributed by atoms with Crippen LogP contribution in [0.1, 0.15) is 11.3 Å². The molecule has 0 atom stereocenters. The first kappa shape index (κ1) is 13.7. The fourth-order valence-corrected chi connectivity index (χ4v) is 1.63. The van der Waals surface area contributed by atoms with Crippen LogP contribution in [0.3, 0.4) is 0 Å². The maximum atomic E-state index is 12.4. The minimum atomic E-state index is -4.51. The Morgan fingerprint density at radius 1 is 1.05 bits per heavy atom. The number of nitrogens with zero attached hydrogens (tertiary/aromatic N) is 1. The molecule has 19 heavy (non-hydrogen) atoms. The van der Waals surface area contributed by atoms with Crippen molar-refractivity contribution in [2.45, 2.75) is 12.8 Å². The molecule has 6 heteroatoms. The summed E-state index contributed by atoms with van der Waals surface area (Å²) in [5.74, 6) is 0.124. The Labute approximate surface area is 112 Å². The number of hydrogen-bond donors (Lipinski definition) is 0. The number of halogens is 4. The number of alkyl halides is 3. The molecular formula is C13H9ClF3NO. The summed E-state index contributed by atoms with van der Waals surface area (Å²) >= 11 is 5.67. The molecule has 2 rings (SSSR count). The van der Waals surface area contributed by atoms with E-state index in [0.29, 0.717) is 0 Å². The highest BCUT2D eigenvalue weighted by Crippen LogP contribution is 2.32. The molecule has 0 fully saturated rings. The van der Waals surface area contributed by atoms with Gasteiger partial charge in [0.1, 0.15) is 12.3 Å². The lowest BCUT2D eigenvalue weighted by molar-refractivity contribution is -0.141. The molecule has 0 saturated carbocycles. The zero-order chi connectivity index (χ0) is 13.9. The molecule has 0 radical (unpaired) electrons. The topological polar surface area (TPSA) is 22.1 Å². The lowest BCUT2D eigenvalue weighted by Crippen LogP contribution is -2.08. The quantitative estimate of drug-likeness (QED) is 0.784. The highest BCUT2D eigenvalue weighted by atomic mass is 35.5. The average molecular weight is 288 g/mol. The van der Waals surface area contributed by atoms with E-state index in [-0.39, 0.29) is 17.5 Å². The van der Waals surface area contributed by atoms with Crippen LogP contribution in [0.4, 0.5) is 13.2 Å². The number of ether oxygens (including phenoxy) is 1. The summed E-state index contributed by atoms with van der Waals surface area (Å²) in [5.41, 5.74) is -0.150. The van der Waals surface area contributed by atoms with Gasteiger partial charge in [-0.3, -0.25) is 0 Å². The molecule has 1 aromatic carbocycles. The molecule has 2 aromatic rings. The third-order valence-corrected chi connectivity index (χ3v) is 2.61. The van der Waals surface area contributed by atoms with E-state index in [4.69, 9.17) is 16.3 Å². The summed E-state index contributed by atoms with van der Waals surface area (Å²) in [7, 11) is 0. The normalized spacial score (nSPS) is 11.4. The first-order valence-corrected chi connectivity index (χ1v) is 5.75. The Morgan fingerprint density at radius 2 is 1.74 bits per heavy atom. The van der Waals surface area contributed by atoms with Crippen LogP contribution in [0.5, 0.6) is 5.75 Å². The third-order valence-electron chi connectivity index (χ3n) is 2.34. The highest BCUT2D eigenvalue weighted by Gasteiger charge is 2.33. The van der Waals surface area contributed by atoms with Crippen molar-refractivity contribution < 1.29 is 17.9 Å². The van der Waals surface area contributed by atoms with Crippen LogP contribution in [0.15, 0.2) is 42.5 Å². The van der Waals surface area contributed by atoms with Crippen molar-refractivity contribution in [3.8, 4) is 5.75 Å². The largest absolute Gasteiger partial charge is 0.486 e. The molecule has 2 nitrogen and oxygen atoms in total. The molecule has 0 spiro atoms. The molecule has 0 saturated heterocycles. The zero-order valence-electron chi connectivity index (χ0n) is 9.62. The highest BCUT2D eigenvalue weighted by molar-refractivity contribution is 6.30. The second kappa shape index (κ2) is 5.48. The van der Waals surface area contributed by atoms with Crippen molar-refractivity contribution in [2.75, 3.05) is 0 Å². The van der Waals surface area contributed by atoms with Gasteiger partial charge in [-0.15, -0.1) is 0 Å². The summed E-state index contributed by atoms with van der Waals surface area (Å²) in [6.45, 7) is 0.216. The zero-order valence-corrected chi connectivity index (χ0v) is 10.4. The summed E-state index contributed by atoms with van der Waals surface area (Å²) in [6, 6.07) is 11.2. The number of rotatable bonds is 3. The average Bonchev–Trinajstić information content (AvgIpc) is 2.37. The number of pyridine rings is 1. The van der Waals surface area contributed by atoms with Crippen molar-refractivity contribution in [3.63, 3.8) is 0 Å². The van der Waals surface area contributed by atoms with Crippen molar-refractivity contribution in [1.29, 1.82) is 0 Å². The van der Waals surface area contributed by atoms with Gasteiger partial charge in [-0.1, -0.05) is 41.9 Å². The van der Waals surface area contributed by atoms with Crippen LogP contribution in [0, 0.1) is 0 Å². The van der Waals surface area contributed by atoms with Gasteiger partial charge in [0.15, 0.2) is 10.9 Å². The van der Waals surface area contributed by atoms with Gasteiger partial charge in [-0.05, 0) is 17.7 Å². The van der Waals surface area contributed by atoms with Crippen LogP contribution in [0.25, 0.3) is 0 Å². The van der Waals surface area contributed by atoms with E-state index >= 15 is 0 Å². The van der Waals surface area contributed by atoms with E-state index in [9.17, 15) is 13.2 Å². The lowest BCUT2D eigenvalue weighted by Gasteiger charge is -2.10. The Hall–Kier alpha value is -1.75. The second-order valence-electron chi connectivity index (χ2n) is 3.76. The standard InChI is InChI=1S/C13H9ClF3NO/c14-12-10(6-7-11(18-12)13(15,16)17)19-8-9-4-2-1-3-5-9/h1-7H,8H2. The molecular weight excluding hydrogens is 279 g/mol. The fraction of sp³-hybridized carbons (Fsp3) is 0.154. The first-order valence-electron chi connectivity index (χ1n) is 5.37. The van der Waals surface area contributed by atoms with E-state index in [2.05, 4.69) is 4.98 Å². The molecule has 0 amide bonds. The van der Waals surface area contributed by atoms with E-state index in [0.717, 1.165) is 11.6 Å². The van der Waals surface area contributed by atoms with Gasteiger partial charge in [0.05, 0.1) is 0 Å². The molecule has 0 unspecified atom stereocenters. The van der Waals surface area contributed by atoms with Gasteiger partial charge in [0, 0.05) is 0 Å². The fourth-order valence-electron chi connectivity index (χ4n) is 1.42. The van der Waals surface area contributed by atoms with Gasteiger partial charge < -0.3 is 4.74 Å². The van der Waals surface area contributed by atoms with Crippen molar-refractivity contribution in [2.24, 2.45) is 0 Å². The Morgan fingerprint density at radius 3 is 2.32 bits per heavy atom. The molecule has 1 heterocycles. The molecule has 0 aliphatic rings. The van der Waals surface area contributed by atoms with Gasteiger partial charge in [0.25, 0.3) is 0 Å². The molecule has 100 valence electrons. The molecule has 0 aliphatic heterocycles. The van der Waals surface area contributed by atoms with Crippen LogP contribution in [-0.4, -0.2) is 4.98 Å². The molecule has 0 bridgehead atoms. The second-order valence-corrected chi connectivity index (χ2v) is 4.12. The van der Waals surface area contributed by atoms with E-state index in [1.165, 1.54) is 6.07 Å². The monoisotopic (exact) mass is 287 g/mol. The third kappa shape index (κ3) is 3.61. The van der Waals surface area contributed by atoms with Crippen molar-refractivity contribution >= 4 is 11.6 Å². The summed E-state index contributed by atoms with van der Waals surface area (Å²) in [5, 5.41) is -0.300. The van der Waals surface area contributed by atoms with E-state index < -0.39 is 11.9 Å². The molecule has 0 N–H and O–H groups in total. The predicted octanol–water partition coefficient (Wildman–Crippen LogP) is 4.33. The predicted molar refractivity (Wildman–Crippen MR) is 65.0 cm³/mol. The van der Waals surface area contributed by atoms with Gasteiger partial charge in [-0.2, -0.15) is 13.2 Å². The van der Waals surface area contributed by atoms with E-state index in [1.54, 1.807) is 0 Å². The Kier molecular flexibility index (Phi) is 3.95. The maximum Gasteiger partial charge on any atom is 0.433 e. The summed E-state index contributed by atoms with van der Waals surface area (Å²) < 4.78 is 42.5. The molecule has 1 aromatic heterocycles. The molecule has 0 aliphatic carbocycles. The minimum absolute atomic E-state index is 0.124. The number of hydrogen-bond acceptors (Lipinski definition) is 2. The number of aromatic nitrogens is 1. The van der Waals surface area contributed by atoms with Crippen LogP contribution in [-0.2, 0) is 12.8 Å². The van der Waals surface area contributed by atoms with Gasteiger partial charge in [0.2, 0.25) is 0 Å². The minimum Gasteiger partial charge on any atom is -0.486 e.